The molecule has 1 aliphatic heterocycles. The predicted molar refractivity (Wildman–Crippen MR) is 123 cm³/mol. The highest BCUT2D eigenvalue weighted by molar-refractivity contribution is 5.94. The predicted octanol–water partition coefficient (Wildman–Crippen LogP) is 5.07. The number of benzene rings is 2. The number of carbonyl (C=O) groups is 1. The topological polar surface area (TPSA) is 62.5 Å². The van der Waals surface area contributed by atoms with Crippen LogP contribution in [0.1, 0.15) is 35.3 Å². The maximum atomic E-state index is 12.7. The van der Waals surface area contributed by atoms with Gasteiger partial charge in [-0.1, -0.05) is 30.3 Å². The van der Waals surface area contributed by atoms with Crippen LogP contribution in [0.4, 0.5) is 11.5 Å². The monoisotopic (exact) mass is 411 g/mol. The molecule has 1 saturated heterocycles. The van der Waals surface area contributed by atoms with Gasteiger partial charge in [-0.15, -0.1) is 0 Å². The molecule has 6 nitrogen and oxygen atoms in total. The fourth-order valence-electron chi connectivity index (χ4n) is 4.06. The number of aryl methyl sites for hydroxylation is 1. The summed E-state index contributed by atoms with van der Waals surface area (Å²) < 4.78 is 1.81. The molecule has 5 rings (SSSR count). The van der Waals surface area contributed by atoms with Gasteiger partial charge in [-0.25, -0.2) is 4.98 Å². The molecule has 0 spiro atoms. The van der Waals surface area contributed by atoms with E-state index >= 15 is 0 Å². The van der Waals surface area contributed by atoms with Crippen molar-refractivity contribution < 1.29 is 4.79 Å². The zero-order chi connectivity index (χ0) is 21.2. The number of amides is 1. The molecule has 156 valence electrons. The first-order valence-corrected chi connectivity index (χ1v) is 10.8. The lowest BCUT2D eigenvalue weighted by Crippen LogP contribution is -2.35. The average Bonchev–Trinajstić information content (AvgIpc) is 3.21. The van der Waals surface area contributed by atoms with Gasteiger partial charge in [0.1, 0.15) is 5.82 Å². The summed E-state index contributed by atoms with van der Waals surface area (Å²) in [6, 6.07) is 21.8. The van der Waals surface area contributed by atoms with Crippen LogP contribution >= 0.6 is 0 Å². The zero-order valence-corrected chi connectivity index (χ0v) is 17.6. The molecule has 0 atom stereocenters. The summed E-state index contributed by atoms with van der Waals surface area (Å²) in [6.07, 6.45) is 3.40. The van der Waals surface area contributed by atoms with Crippen LogP contribution in [0, 0.1) is 6.92 Å². The van der Waals surface area contributed by atoms with E-state index in [9.17, 15) is 4.79 Å². The minimum atomic E-state index is 0.117. The summed E-state index contributed by atoms with van der Waals surface area (Å²) >= 11 is 0. The quantitative estimate of drug-likeness (QED) is 0.509. The van der Waals surface area contributed by atoms with E-state index in [4.69, 9.17) is 4.98 Å². The smallest absolute Gasteiger partial charge is 0.253 e. The third-order valence-electron chi connectivity index (χ3n) is 5.67. The van der Waals surface area contributed by atoms with Crippen LogP contribution in [0.25, 0.3) is 16.9 Å². The molecule has 31 heavy (non-hydrogen) atoms. The average molecular weight is 412 g/mol. The van der Waals surface area contributed by atoms with E-state index in [0.717, 1.165) is 65.6 Å². The van der Waals surface area contributed by atoms with Gasteiger partial charge in [0.25, 0.3) is 5.91 Å². The lowest BCUT2D eigenvalue weighted by atomic mass is 10.1. The number of piperidine rings is 1. The second-order valence-corrected chi connectivity index (χ2v) is 8.00. The highest BCUT2D eigenvalue weighted by Gasteiger charge is 2.18. The summed E-state index contributed by atoms with van der Waals surface area (Å²) in [5.41, 5.74) is 5.25. The van der Waals surface area contributed by atoms with E-state index in [-0.39, 0.29) is 5.91 Å². The van der Waals surface area contributed by atoms with E-state index in [2.05, 4.69) is 10.4 Å². The normalized spacial score (nSPS) is 14.0. The fraction of sp³-hybridized carbons (Fsp3) is 0.240. The zero-order valence-electron chi connectivity index (χ0n) is 17.6. The maximum Gasteiger partial charge on any atom is 0.253 e. The van der Waals surface area contributed by atoms with Crippen molar-refractivity contribution in [2.45, 2.75) is 26.2 Å². The molecule has 1 amide bonds. The minimum Gasteiger partial charge on any atom is -0.340 e. The summed E-state index contributed by atoms with van der Waals surface area (Å²) in [5, 5.41) is 8.03. The fourth-order valence-corrected chi connectivity index (χ4v) is 4.06. The second-order valence-electron chi connectivity index (χ2n) is 8.00. The van der Waals surface area contributed by atoms with E-state index < -0.39 is 0 Å². The van der Waals surface area contributed by atoms with Gasteiger partial charge >= 0.3 is 0 Å². The van der Waals surface area contributed by atoms with Crippen molar-refractivity contribution in [3.8, 4) is 11.3 Å². The number of nitrogens with zero attached hydrogens (tertiary/aromatic N) is 4. The molecule has 1 N–H and O–H groups in total. The molecule has 0 radical (unpaired) electrons. The molecule has 1 fully saturated rings. The highest BCUT2D eigenvalue weighted by atomic mass is 16.2. The van der Waals surface area contributed by atoms with Crippen LogP contribution in [-0.4, -0.2) is 38.5 Å². The van der Waals surface area contributed by atoms with Gasteiger partial charge in [-0.2, -0.15) is 9.61 Å². The molecule has 4 aromatic rings. The van der Waals surface area contributed by atoms with Gasteiger partial charge in [0.05, 0.1) is 11.4 Å². The van der Waals surface area contributed by atoms with Gasteiger partial charge in [0, 0.05) is 42.0 Å². The molecule has 2 aromatic carbocycles. The van der Waals surface area contributed by atoms with E-state index in [1.807, 2.05) is 83.1 Å². The number of fused-ring (bicyclic) bond motifs is 1. The number of aromatic nitrogens is 3. The first kappa shape index (κ1) is 19.3. The first-order chi connectivity index (χ1) is 15.2. The molecule has 6 heteroatoms. The molecule has 0 saturated carbocycles. The van der Waals surface area contributed by atoms with Gasteiger partial charge in [0.15, 0.2) is 5.65 Å². The molecule has 2 aromatic heterocycles. The third kappa shape index (κ3) is 4.01. The Bertz CT molecular complexity index is 1210. The van der Waals surface area contributed by atoms with Gasteiger partial charge in [0.2, 0.25) is 0 Å². The summed E-state index contributed by atoms with van der Waals surface area (Å²) in [4.78, 5) is 19.5. The number of hydrogen-bond donors (Lipinski definition) is 1. The van der Waals surface area contributed by atoms with Gasteiger partial charge in [-0.05, 0) is 50.5 Å². The third-order valence-corrected chi connectivity index (χ3v) is 5.67. The molecule has 0 aliphatic carbocycles. The van der Waals surface area contributed by atoms with Crippen molar-refractivity contribution in [2.75, 3.05) is 18.4 Å². The van der Waals surface area contributed by atoms with Crippen LogP contribution in [0.3, 0.4) is 0 Å². The van der Waals surface area contributed by atoms with Crippen LogP contribution in [0.5, 0.6) is 0 Å². The molecule has 0 unspecified atom stereocenters. The van der Waals surface area contributed by atoms with Crippen molar-refractivity contribution in [1.82, 2.24) is 19.5 Å². The van der Waals surface area contributed by atoms with E-state index in [0.29, 0.717) is 0 Å². The van der Waals surface area contributed by atoms with E-state index in [1.165, 1.54) is 6.42 Å². The molecule has 1 aliphatic rings. The summed E-state index contributed by atoms with van der Waals surface area (Å²) in [5.74, 6) is 0.943. The molecule has 0 bridgehead atoms. The summed E-state index contributed by atoms with van der Waals surface area (Å²) in [7, 11) is 0. The Balaban J connectivity index is 1.44. The van der Waals surface area contributed by atoms with Crippen molar-refractivity contribution in [2.24, 2.45) is 0 Å². The number of rotatable bonds is 4. The van der Waals surface area contributed by atoms with Crippen molar-refractivity contribution in [1.29, 1.82) is 0 Å². The molecule has 3 heterocycles. The Kier molecular flexibility index (Phi) is 5.12. The largest absolute Gasteiger partial charge is 0.340 e. The van der Waals surface area contributed by atoms with Crippen LogP contribution < -0.4 is 5.32 Å². The first-order valence-electron chi connectivity index (χ1n) is 10.8. The Morgan fingerprint density at radius 1 is 0.935 bits per heavy atom. The second kappa shape index (κ2) is 8.22. The molecular weight excluding hydrogens is 386 g/mol. The summed E-state index contributed by atoms with van der Waals surface area (Å²) in [6.45, 7) is 3.67. The van der Waals surface area contributed by atoms with Crippen LogP contribution in [0.2, 0.25) is 0 Å². The van der Waals surface area contributed by atoms with Crippen molar-refractivity contribution in [3.63, 3.8) is 0 Å². The van der Waals surface area contributed by atoms with Crippen LogP contribution in [0.15, 0.2) is 66.7 Å². The van der Waals surface area contributed by atoms with Gasteiger partial charge in [-0.3, -0.25) is 4.79 Å². The number of nitrogens with one attached hydrogen (secondary N) is 1. The van der Waals surface area contributed by atoms with Crippen molar-refractivity contribution in [3.05, 3.63) is 78.0 Å². The standard InChI is InChI=1S/C25H25N5O/c1-18-16-23-27-22(19-8-4-2-5-9-19)17-24(30(23)28-18)26-21-12-10-20(11-13-21)25(31)29-14-6-3-7-15-29/h2,4-5,8-13,16-17,26H,3,6-7,14-15H2,1H3. The minimum absolute atomic E-state index is 0.117. The number of likely N-dealkylation sites (tertiary alicyclic amines) is 1. The maximum absolute atomic E-state index is 12.7. The number of anilines is 2. The van der Waals surface area contributed by atoms with Crippen molar-refractivity contribution >= 4 is 23.1 Å². The van der Waals surface area contributed by atoms with Crippen LogP contribution in [-0.2, 0) is 0 Å². The van der Waals surface area contributed by atoms with E-state index in [1.54, 1.807) is 0 Å². The lowest BCUT2D eigenvalue weighted by molar-refractivity contribution is 0.0724. The highest BCUT2D eigenvalue weighted by Crippen LogP contribution is 2.25. The Hall–Kier alpha value is -3.67. The van der Waals surface area contributed by atoms with Gasteiger partial charge < -0.3 is 10.2 Å². The Morgan fingerprint density at radius 3 is 2.42 bits per heavy atom. The Morgan fingerprint density at radius 2 is 1.68 bits per heavy atom. The molecular formula is C25H25N5O. The number of carbonyl (C=O) groups excluding carboxylic acids is 1. The lowest BCUT2D eigenvalue weighted by Gasteiger charge is -2.26. The number of hydrogen-bond acceptors (Lipinski definition) is 4. The Labute approximate surface area is 181 Å². The SMILES string of the molecule is Cc1cc2nc(-c3ccccc3)cc(Nc3ccc(C(=O)N4CCCCC4)cc3)n2n1.